The third-order valence-corrected chi connectivity index (χ3v) is 5.93. The fourth-order valence-electron chi connectivity index (χ4n) is 4.16. The molecule has 32 heavy (non-hydrogen) atoms. The number of imidazole rings is 1. The summed E-state index contributed by atoms with van der Waals surface area (Å²) in [6, 6.07) is 19.1. The van der Waals surface area contributed by atoms with Crippen LogP contribution in [0, 0.1) is 0 Å². The van der Waals surface area contributed by atoms with Gasteiger partial charge >= 0.3 is 5.97 Å². The number of carbonyl (C=O) groups is 1. The largest absolute Gasteiger partial charge is 0.478 e. The average molecular weight is 429 g/mol. The fourth-order valence-corrected chi connectivity index (χ4v) is 4.16. The molecule has 0 saturated carbocycles. The van der Waals surface area contributed by atoms with Crippen LogP contribution >= 0.6 is 0 Å². The predicted molar refractivity (Wildman–Crippen MR) is 127 cm³/mol. The first-order valence-electron chi connectivity index (χ1n) is 11.1. The maximum absolute atomic E-state index is 11.5. The van der Waals surface area contributed by atoms with Gasteiger partial charge in [0.1, 0.15) is 5.82 Å². The number of hydrogen-bond acceptors (Lipinski definition) is 3. The van der Waals surface area contributed by atoms with E-state index >= 15 is 0 Å². The van der Waals surface area contributed by atoms with Crippen molar-refractivity contribution in [3.8, 4) is 11.1 Å². The van der Waals surface area contributed by atoms with Gasteiger partial charge in [0.05, 0.1) is 23.2 Å². The second-order valence-electron chi connectivity index (χ2n) is 8.09. The molecule has 0 unspecified atom stereocenters. The molecule has 3 aromatic carbocycles. The maximum atomic E-state index is 11.5. The van der Waals surface area contributed by atoms with Crippen LogP contribution in [0.2, 0.25) is 0 Å². The molecule has 5 heteroatoms. The van der Waals surface area contributed by atoms with Crippen molar-refractivity contribution in [2.75, 3.05) is 0 Å². The first-order chi connectivity index (χ1) is 15.6. The summed E-state index contributed by atoms with van der Waals surface area (Å²) in [5, 5.41) is 19.3. The Bertz CT molecular complexity index is 1230. The topological polar surface area (TPSA) is 86.2 Å². The van der Waals surface area contributed by atoms with E-state index in [1.165, 1.54) is 0 Å². The molecule has 1 heterocycles. The van der Waals surface area contributed by atoms with E-state index < -0.39 is 5.97 Å². The van der Waals surface area contributed by atoms with Crippen molar-refractivity contribution < 1.29 is 15.0 Å². The number of benzene rings is 3. The van der Waals surface area contributed by atoms with Crippen molar-refractivity contribution in [1.29, 1.82) is 0 Å². The summed E-state index contributed by atoms with van der Waals surface area (Å²) in [4.78, 5) is 19.8. The van der Waals surface area contributed by atoms with Crippen LogP contribution in [0.1, 0.15) is 52.6 Å². The van der Waals surface area contributed by atoms with Crippen LogP contribution in [0.25, 0.3) is 22.2 Å². The van der Waals surface area contributed by atoms with Gasteiger partial charge in [0.2, 0.25) is 0 Å². The van der Waals surface area contributed by atoms with E-state index in [1.807, 2.05) is 48.5 Å². The highest BCUT2D eigenvalue weighted by Crippen LogP contribution is 2.26. The molecule has 4 rings (SSSR count). The van der Waals surface area contributed by atoms with Gasteiger partial charge < -0.3 is 15.2 Å². The van der Waals surface area contributed by atoms with Crippen LogP contribution in [0.5, 0.6) is 0 Å². The molecule has 0 aliphatic heterocycles. The lowest BCUT2D eigenvalue weighted by atomic mass is 9.96. The number of aryl methyl sites for hydroxylation is 3. The second kappa shape index (κ2) is 9.79. The van der Waals surface area contributed by atoms with Crippen LogP contribution < -0.4 is 0 Å². The normalized spacial score (nSPS) is 11.2. The van der Waals surface area contributed by atoms with E-state index in [2.05, 4.69) is 11.9 Å². The molecule has 0 aliphatic rings. The number of rotatable bonds is 9. The van der Waals surface area contributed by atoms with Crippen molar-refractivity contribution in [3.05, 3.63) is 88.7 Å². The maximum Gasteiger partial charge on any atom is 0.336 e. The number of nitrogens with zero attached hydrogens (tertiary/aromatic N) is 1. The molecule has 0 bridgehead atoms. The number of carboxylic acid groups (broad SMARTS) is 1. The predicted octanol–water partition coefficient (Wildman–Crippen LogP) is 5.55. The number of unbranched alkanes of at least 4 members (excludes halogenated alkanes) is 1. The second-order valence-corrected chi connectivity index (χ2v) is 8.09. The number of aliphatic hydroxyl groups is 1. The van der Waals surface area contributed by atoms with Gasteiger partial charge in [-0.2, -0.15) is 0 Å². The van der Waals surface area contributed by atoms with Crippen molar-refractivity contribution in [2.24, 2.45) is 0 Å². The van der Waals surface area contributed by atoms with Gasteiger partial charge in [0.15, 0.2) is 0 Å². The smallest absolute Gasteiger partial charge is 0.336 e. The zero-order valence-electron chi connectivity index (χ0n) is 18.3. The molecule has 164 valence electrons. The molecule has 0 fully saturated rings. The van der Waals surface area contributed by atoms with Gasteiger partial charge in [-0.25, -0.2) is 9.78 Å². The van der Waals surface area contributed by atoms with Crippen molar-refractivity contribution in [2.45, 2.75) is 45.6 Å². The van der Waals surface area contributed by atoms with Crippen LogP contribution in [0.4, 0.5) is 0 Å². The Balaban J connectivity index is 1.56. The molecule has 0 atom stereocenters. The van der Waals surface area contributed by atoms with E-state index in [0.29, 0.717) is 5.56 Å². The number of aromatic carboxylic acids is 1. The van der Waals surface area contributed by atoms with Gasteiger partial charge in [-0.15, -0.1) is 0 Å². The molecular weight excluding hydrogens is 400 g/mol. The summed E-state index contributed by atoms with van der Waals surface area (Å²) in [5.41, 5.74) is 7.04. The van der Waals surface area contributed by atoms with E-state index in [0.717, 1.165) is 76.8 Å². The van der Waals surface area contributed by atoms with Gasteiger partial charge in [0.25, 0.3) is 0 Å². The molecule has 0 amide bonds. The minimum atomic E-state index is -0.924. The summed E-state index contributed by atoms with van der Waals surface area (Å²) in [7, 11) is 0. The first-order valence-corrected chi connectivity index (χ1v) is 11.1. The van der Waals surface area contributed by atoms with Gasteiger partial charge in [0, 0.05) is 6.42 Å². The zero-order chi connectivity index (χ0) is 22.5. The molecule has 0 spiro atoms. The Labute approximate surface area is 187 Å². The molecule has 0 saturated heterocycles. The lowest BCUT2D eigenvalue weighted by molar-refractivity contribution is 0.0697. The first kappa shape index (κ1) is 21.8. The number of aromatic amines is 1. The fraction of sp³-hybridized carbons (Fsp3) is 0.259. The minimum absolute atomic E-state index is 0.00661. The summed E-state index contributed by atoms with van der Waals surface area (Å²) >= 11 is 0. The lowest BCUT2D eigenvalue weighted by Crippen LogP contribution is -2.00. The highest BCUT2D eigenvalue weighted by molar-refractivity contribution is 5.96. The molecule has 5 nitrogen and oxygen atoms in total. The van der Waals surface area contributed by atoms with Crippen LogP contribution in [0.3, 0.4) is 0 Å². The number of hydrogen-bond donors (Lipinski definition) is 3. The number of H-pyrrole nitrogens is 1. The summed E-state index contributed by atoms with van der Waals surface area (Å²) in [6.07, 6.45) is 4.73. The van der Waals surface area contributed by atoms with Gasteiger partial charge in [-0.3, -0.25) is 0 Å². The molecular formula is C27H28N2O3. The molecule has 1 aromatic heterocycles. The number of aliphatic hydroxyl groups excluding tert-OH is 1. The third kappa shape index (κ3) is 4.58. The number of fused-ring (bicyclic) bond motifs is 1. The van der Waals surface area contributed by atoms with Crippen LogP contribution in [-0.4, -0.2) is 26.2 Å². The van der Waals surface area contributed by atoms with Crippen molar-refractivity contribution in [3.63, 3.8) is 0 Å². The lowest BCUT2D eigenvalue weighted by Gasteiger charge is -2.10. The Hall–Kier alpha value is -3.44. The monoisotopic (exact) mass is 428 g/mol. The zero-order valence-corrected chi connectivity index (χ0v) is 18.3. The Morgan fingerprint density at radius 3 is 2.47 bits per heavy atom. The Kier molecular flexibility index (Phi) is 6.66. The Morgan fingerprint density at radius 2 is 1.75 bits per heavy atom. The molecule has 4 aromatic rings. The van der Waals surface area contributed by atoms with Crippen LogP contribution in [-0.2, 0) is 25.9 Å². The summed E-state index contributed by atoms with van der Waals surface area (Å²) < 4.78 is 0. The summed E-state index contributed by atoms with van der Waals surface area (Å²) in [5.74, 6) is 0.0752. The molecule has 3 N–H and O–H groups in total. The quantitative estimate of drug-likeness (QED) is 0.326. The SMILES string of the molecule is CCCCc1nc2c(CCc3ccc(-c4ccccc4C(=O)O)cc3)c(CO)ccc2[nH]1. The number of nitrogens with one attached hydrogen (secondary N) is 1. The summed E-state index contributed by atoms with van der Waals surface area (Å²) in [6.45, 7) is 2.16. The number of carboxylic acids is 1. The average Bonchev–Trinajstić information content (AvgIpc) is 3.24. The minimum Gasteiger partial charge on any atom is -0.478 e. The highest BCUT2D eigenvalue weighted by atomic mass is 16.4. The molecule has 0 radical (unpaired) electrons. The van der Waals surface area contributed by atoms with Crippen molar-refractivity contribution in [1.82, 2.24) is 9.97 Å². The third-order valence-electron chi connectivity index (χ3n) is 5.93. The van der Waals surface area contributed by atoms with E-state index in [9.17, 15) is 15.0 Å². The van der Waals surface area contributed by atoms with E-state index in [4.69, 9.17) is 4.98 Å². The number of aromatic nitrogens is 2. The van der Waals surface area contributed by atoms with E-state index in [-0.39, 0.29) is 6.61 Å². The van der Waals surface area contributed by atoms with E-state index in [1.54, 1.807) is 12.1 Å². The standard InChI is InChI=1S/C27H28N2O3/c1-2-3-8-25-28-24-16-14-20(17-30)22(26(24)29-25)15-11-18-9-12-19(13-10-18)21-6-4-5-7-23(21)27(31)32/h4-7,9-10,12-14,16,30H,2-3,8,11,15,17H2,1H3,(H,28,29)(H,31,32). The van der Waals surface area contributed by atoms with Gasteiger partial charge in [-0.1, -0.05) is 61.9 Å². The van der Waals surface area contributed by atoms with Gasteiger partial charge in [-0.05, 0) is 59.2 Å². The van der Waals surface area contributed by atoms with Crippen LogP contribution in [0.15, 0.2) is 60.7 Å². The Morgan fingerprint density at radius 1 is 0.969 bits per heavy atom. The van der Waals surface area contributed by atoms with Crippen molar-refractivity contribution >= 4 is 17.0 Å². The molecule has 0 aliphatic carbocycles. The highest BCUT2D eigenvalue weighted by Gasteiger charge is 2.13.